The van der Waals surface area contributed by atoms with Crippen LogP contribution in [0.1, 0.15) is 39.5 Å². The third kappa shape index (κ3) is 5.13. The van der Waals surface area contributed by atoms with E-state index < -0.39 is 0 Å². The molecule has 1 unspecified atom stereocenters. The summed E-state index contributed by atoms with van der Waals surface area (Å²) in [5, 5.41) is 6.96. The summed E-state index contributed by atoms with van der Waals surface area (Å²) in [6, 6.07) is 0. The van der Waals surface area contributed by atoms with Crippen molar-refractivity contribution >= 4 is 5.96 Å². The average Bonchev–Trinajstić information content (AvgIpc) is 2.44. The molecule has 0 aromatic heterocycles. The van der Waals surface area contributed by atoms with Crippen LogP contribution in [0.4, 0.5) is 0 Å². The van der Waals surface area contributed by atoms with Gasteiger partial charge in [0, 0.05) is 33.2 Å². The van der Waals surface area contributed by atoms with Gasteiger partial charge in [0.15, 0.2) is 5.96 Å². The van der Waals surface area contributed by atoms with Crippen LogP contribution in [0.2, 0.25) is 0 Å². The van der Waals surface area contributed by atoms with Gasteiger partial charge in [-0.2, -0.15) is 0 Å². The fourth-order valence-electron chi connectivity index (χ4n) is 3.69. The fraction of sp³-hybridized carbons (Fsp3) is 0.941. The van der Waals surface area contributed by atoms with Gasteiger partial charge in [0.2, 0.25) is 0 Å². The van der Waals surface area contributed by atoms with Gasteiger partial charge in [-0.1, -0.05) is 20.3 Å². The Morgan fingerprint density at radius 1 is 1.36 bits per heavy atom. The lowest BCUT2D eigenvalue weighted by Crippen LogP contribution is -2.51. The Hall–Kier alpha value is -0.810. The van der Waals surface area contributed by atoms with E-state index in [2.05, 4.69) is 41.4 Å². The van der Waals surface area contributed by atoms with E-state index in [1.807, 2.05) is 7.05 Å². The van der Waals surface area contributed by atoms with Crippen molar-refractivity contribution in [3.8, 4) is 0 Å². The van der Waals surface area contributed by atoms with E-state index >= 15 is 0 Å². The van der Waals surface area contributed by atoms with E-state index in [0.29, 0.717) is 5.41 Å². The molecule has 0 spiro atoms. The highest BCUT2D eigenvalue weighted by atomic mass is 16.5. The lowest BCUT2D eigenvalue weighted by atomic mass is 9.64. The number of nitrogens with one attached hydrogen (secondary N) is 2. The van der Waals surface area contributed by atoms with Gasteiger partial charge in [-0.3, -0.25) is 4.99 Å². The molecule has 5 heteroatoms. The molecule has 0 radical (unpaired) electrons. The quantitative estimate of drug-likeness (QED) is 0.579. The molecule has 22 heavy (non-hydrogen) atoms. The van der Waals surface area contributed by atoms with E-state index in [-0.39, 0.29) is 6.10 Å². The van der Waals surface area contributed by atoms with Crippen LogP contribution in [-0.4, -0.2) is 63.8 Å². The molecule has 0 amide bonds. The molecule has 2 N–H and O–H groups in total. The maximum Gasteiger partial charge on any atom is 0.191 e. The van der Waals surface area contributed by atoms with Crippen LogP contribution in [0.3, 0.4) is 0 Å². The lowest BCUT2D eigenvalue weighted by Gasteiger charge is -2.43. The predicted octanol–water partition coefficient (Wildman–Crippen LogP) is 1.70. The molecule has 128 valence electrons. The van der Waals surface area contributed by atoms with E-state index in [9.17, 15) is 0 Å². The van der Waals surface area contributed by atoms with Crippen molar-refractivity contribution in [1.82, 2.24) is 15.5 Å². The lowest BCUT2D eigenvalue weighted by molar-refractivity contribution is -0.0161. The molecule has 2 aliphatic rings. The first-order valence-electron chi connectivity index (χ1n) is 8.78. The molecular formula is C17H34N4O. The minimum atomic E-state index is 0.255. The maximum absolute atomic E-state index is 5.79. The van der Waals surface area contributed by atoms with Gasteiger partial charge < -0.3 is 20.3 Å². The van der Waals surface area contributed by atoms with Gasteiger partial charge in [-0.15, -0.1) is 0 Å². The first-order chi connectivity index (χ1) is 10.5. The normalized spacial score (nSPS) is 25.9. The van der Waals surface area contributed by atoms with Crippen LogP contribution in [0.15, 0.2) is 4.99 Å². The number of likely N-dealkylation sites (N-methyl/N-ethyl adjacent to an activating group) is 1. The first kappa shape index (κ1) is 17.5. The van der Waals surface area contributed by atoms with Crippen LogP contribution in [0.25, 0.3) is 0 Å². The van der Waals surface area contributed by atoms with E-state index in [1.54, 1.807) is 0 Å². The summed E-state index contributed by atoms with van der Waals surface area (Å²) in [5.41, 5.74) is 0.493. The minimum absolute atomic E-state index is 0.255. The standard InChI is InChI=1S/C17H34N4O/c1-14(2)10-17(6-5-7-17)13-20-16(18-3)19-11-15-12-21(4)8-9-22-15/h14-15H,5-13H2,1-4H3,(H2,18,19,20). The fourth-order valence-corrected chi connectivity index (χ4v) is 3.69. The smallest absolute Gasteiger partial charge is 0.191 e. The van der Waals surface area contributed by atoms with Gasteiger partial charge in [0.1, 0.15) is 0 Å². The molecule has 1 saturated carbocycles. The Kier molecular flexibility index (Phi) is 6.50. The summed E-state index contributed by atoms with van der Waals surface area (Å²) >= 11 is 0. The summed E-state index contributed by atoms with van der Waals surface area (Å²) < 4.78 is 5.79. The highest BCUT2D eigenvalue weighted by molar-refractivity contribution is 5.79. The molecule has 1 aliphatic carbocycles. The molecule has 5 nitrogen and oxygen atoms in total. The van der Waals surface area contributed by atoms with Gasteiger partial charge in [0.25, 0.3) is 0 Å². The van der Waals surface area contributed by atoms with Crippen molar-refractivity contribution in [2.24, 2.45) is 16.3 Å². The van der Waals surface area contributed by atoms with Crippen molar-refractivity contribution in [3.05, 3.63) is 0 Å². The van der Waals surface area contributed by atoms with Crippen molar-refractivity contribution in [3.63, 3.8) is 0 Å². The van der Waals surface area contributed by atoms with Gasteiger partial charge in [-0.05, 0) is 37.6 Å². The minimum Gasteiger partial charge on any atom is -0.374 e. The number of rotatable bonds is 6. The maximum atomic E-state index is 5.79. The molecule has 2 rings (SSSR count). The second-order valence-corrected chi connectivity index (χ2v) is 7.51. The number of morpholine rings is 1. The number of hydrogen-bond donors (Lipinski definition) is 2. The largest absolute Gasteiger partial charge is 0.374 e. The molecule has 2 fully saturated rings. The molecular weight excluding hydrogens is 276 g/mol. The summed E-state index contributed by atoms with van der Waals surface area (Å²) in [6.45, 7) is 9.35. The Morgan fingerprint density at radius 2 is 2.14 bits per heavy atom. The van der Waals surface area contributed by atoms with Gasteiger partial charge >= 0.3 is 0 Å². The van der Waals surface area contributed by atoms with Crippen molar-refractivity contribution in [2.45, 2.75) is 45.6 Å². The second-order valence-electron chi connectivity index (χ2n) is 7.51. The Bertz CT molecular complexity index is 366. The van der Waals surface area contributed by atoms with Gasteiger partial charge in [0.05, 0.1) is 12.7 Å². The van der Waals surface area contributed by atoms with Crippen LogP contribution in [0, 0.1) is 11.3 Å². The number of aliphatic imine (C=N–C) groups is 1. The van der Waals surface area contributed by atoms with Crippen LogP contribution < -0.4 is 10.6 Å². The zero-order valence-electron chi connectivity index (χ0n) is 14.8. The van der Waals surface area contributed by atoms with E-state index in [4.69, 9.17) is 4.74 Å². The zero-order chi connectivity index (χ0) is 16.0. The SMILES string of the molecule is CN=C(NCC1CN(C)CCO1)NCC1(CC(C)C)CCC1. The summed E-state index contributed by atoms with van der Waals surface area (Å²) in [4.78, 5) is 6.67. The molecule has 0 bridgehead atoms. The first-order valence-corrected chi connectivity index (χ1v) is 8.78. The summed E-state index contributed by atoms with van der Waals surface area (Å²) in [5.74, 6) is 1.68. The van der Waals surface area contributed by atoms with E-state index in [1.165, 1.54) is 25.7 Å². The summed E-state index contributed by atoms with van der Waals surface area (Å²) in [7, 11) is 3.99. The van der Waals surface area contributed by atoms with Gasteiger partial charge in [-0.25, -0.2) is 0 Å². The van der Waals surface area contributed by atoms with Crippen molar-refractivity contribution in [1.29, 1.82) is 0 Å². The Morgan fingerprint density at radius 3 is 2.68 bits per heavy atom. The number of nitrogens with zero attached hydrogens (tertiary/aromatic N) is 2. The molecule has 1 atom stereocenters. The number of ether oxygens (including phenoxy) is 1. The summed E-state index contributed by atoms with van der Waals surface area (Å²) in [6.07, 6.45) is 5.65. The second kappa shape index (κ2) is 8.16. The van der Waals surface area contributed by atoms with Crippen LogP contribution >= 0.6 is 0 Å². The predicted molar refractivity (Wildman–Crippen MR) is 92.3 cm³/mol. The third-order valence-corrected chi connectivity index (χ3v) is 4.95. The average molecular weight is 310 g/mol. The van der Waals surface area contributed by atoms with Crippen molar-refractivity contribution < 1.29 is 4.74 Å². The molecule has 0 aromatic rings. The van der Waals surface area contributed by atoms with E-state index in [0.717, 1.165) is 44.7 Å². The highest BCUT2D eigenvalue weighted by Gasteiger charge is 2.37. The topological polar surface area (TPSA) is 48.9 Å². The Balaban J connectivity index is 1.73. The monoisotopic (exact) mass is 310 g/mol. The third-order valence-electron chi connectivity index (χ3n) is 4.95. The molecule has 1 aliphatic heterocycles. The zero-order valence-corrected chi connectivity index (χ0v) is 14.8. The number of hydrogen-bond acceptors (Lipinski definition) is 3. The molecule has 1 saturated heterocycles. The molecule has 1 heterocycles. The van der Waals surface area contributed by atoms with Crippen LogP contribution in [-0.2, 0) is 4.74 Å². The highest BCUT2D eigenvalue weighted by Crippen LogP contribution is 2.45. The number of guanidine groups is 1. The Labute approximate surface area is 135 Å². The van der Waals surface area contributed by atoms with Crippen LogP contribution in [0.5, 0.6) is 0 Å². The molecule has 0 aromatic carbocycles. The van der Waals surface area contributed by atoms with Crippen molar-refractivity contribution in [2.75, 3.05) is 46.9 Å².